The highest BCUT2D eigenvalue weighted by molar-refractivity contribution is 5.77. The van der Waals surface area contributed by atoms with Crippen molar-refractivity contribution in [2.75, 3.05) is 37.7 Å². The van der Waals surface area contributed by atoms with Gasteiger partial charge in [0.15, 0.2) is 5.82 Å². The molecule has 2 aliphatic carbocycles. The number of hydrogen-bond donors (Lipinski definition) is 0. The van der Waals surface area contributed by atoms with Crippen molar-refractivity contribution >= 4 is 0 Å². The third-order valence-electron chi connectivity index (χ3n) is 7.44. The third kappa shape index (κ3) is 4.17. The third-order valence-corrected chi connectivity index (χ3v) is 7.44. The van der Waals surface area contributed by atoms with Crippen LogP contribution >= 0.6 is 0 Å². The molecule has 2 aromatic rings. The Bertz CT molecular complexity index is 1310. The molecular formula is C29H30N6. The van der Waals surface area contributed by atoms with Crippen LogP contribution in [0.2, 0.25) is 0 Å². The molecule has 6 nitrogen and oxygen atoms in total. The minimum absolute atomic E-state index is 0.684. The van der Waals surface area contributed by atoms with Crippen molar-refractivity contribution in [1.29, 1.82) is 5.26 Å². The van der Waals surface area contributed by atoms with Gasteiger partial charge in [-0.15, -0.1) is 5.10 Å². The Morgan fingerprint density at radius 2 is 1.51 bits per heavy atom. The van der Waals surface area contributed by atoms with Crippen LogP contribution in [0.25, 0.3) is 22.8 Å². The first-order valence-corrected chi connectivity index (χ1v) is 12.7. The predicted molar refractivity (Wildman–Crippen MR) is 138 cm³/mol. The van der Waals surface area contributed by atoms with E-state index in [2.05, 4.69) is 51.1 Å². The molecule has 4 aliphatic rings. The molecule has 1 fully saturated rings. The van der Waals surface area contributed by atoms with Gasteiger partial charge in [0.25, 0.3) is 0 Å². The number of fused-ring (bicyclic) bond motifs is 3. The average molecular weight is 463 g/mol. The molecule has 176 valence electrons. The molecule has 0 atom stereocenters. The minimum Gasteiger partial charge on any atom is -0.299 e. The number of nitrogens with zero attached hydrogens (tertiary/aromatic N) is 6. The molecule has 0 radical (unpaired) electrons. The van der Waals surface area contributed by atoms with E-state index in [0.29, 0.717) is 5.82 Å². The predicted octanol–water partition coefficient (Wildman–Crippen LogP) is 4.30. The van der Waals surface area contributed by atoms with Crippen molar-refractivity contribution in [3.05, 3.63) is 82.9 Å². The maximum atomic E-state index is 10.1. The molecule has 6 rings (SSSR count). The maximum Gasteiger partial charge on any atom is 0.182 e. The van der Waals surface area contributed by atoms with Gasteiger partial charge in [-0.05, 0) is 48.8 Å². The zero-order valence-corrected chi connectivity index (χ0v) is 20.0. The van der Waals surface area contributed by atoms with Crippen LogP contribution in [0.1, 0.15) is 35.1 Å². The molecule has 0 saturated carbocycles. The van der Waals surface area contributed by atoms with Crippen LogP contribution < -0.4 is 5.01 Å². The quantitative estimate of drug-likeness (QED) is 0.443. The Labute approximate surface area is 206 Å². The van der Waals surface area contributed by atoms with Crippen molar-refractivity contribution in [2.45, 2.75) is 32.1 Å². The van der Waals surface area contributed by atoms with Gasteiger partial charge in [-0.2, -0.15) is 10.1 Å². The highest BCUT2D eigenvalue weighted by Crippen LogP contribution is 2.40. The number of piperazine rings is 1. The second-order valence-electron chi connectivity index (χ2n) is 9.57. The Hall–Kier alpha value is -3.69. The summed E-state index contributed by atoms with van der Waals surface area (Å²) in [7, 11) is 0. The summed E-state index contributed by atoms with van der Waals surface area (Å²) >= 11 is 0. The molecule has 2 heterocycles. The van der Waals surface area contributed by atoms with Gasteiger partial charge in [0, 0.05) is 38.3 Å². The fraction of sp³-hybridized carbons (Fsp3) is 0.345. The van der Waals surface area contributed by atoms with Crippen molar-refractivity contribution in [2.24, 2.45) is 0 Å². The lowest BCUT2D eigenvalue weighted by Gasteiger charge is -2.37. The molecule has 2 aromatic carbocycles. The lowest BCUT2D eigenvalue weighted by molar-refractivity contribution is 0.238. The number of benzene rings is 2. The van der Waals surface area contributed by atoms with Gasteiger partial charge in [-0.25, -0.2) is 4.98 Å². The first kappa shape index (κ1) is 21.8. The fourth-order valence-corrected chi connectivity index (χ4v) is 5.56. The molecule has 0 spiro atoms. The number of rotatable bonds is 5. The molecule has 2 aliphatic heterocycles. The van der Waals surface area contributed by atoms with Crippen LogP contribution in [0, 0.1) is 11.3 Å². The van der Waals surface area contributed by atoms with Crippen molar-refractivity contribution < 1.29 is 0 Å². The van der Waals surface area contributed by atoms with Gasteiger partial charge in [0.05, 0.1) is 5.56 Å². The zero-order chi connectivity index (χ0) is 23.6. The second-order valence-corrected chi connectivity index (χ2v) is 9.57. The summed E-state index contributed by atoms with van der Waals surface area (Å²) in [4.78, 5) is 9.61. The highest BCUT2D eigenvalue weighted by Gasteiger charge is 2.32. The summed E-state index contributed by atoms with van der Waals surface area (Å²) in [6, 6.07) is 23.3. The van der Waals surface area contributed by atoms with Gasteiger partial charge in [0.2, 0.25) is 0 Å². The molecule has 0 bridgehead atoms. The molecule has 1 saturated heterocycles. The van der Waals surface area contributed by atoms with Gasteiger partial charge in [0.1, 0.15) is 17.5 Å². The summed E-state index contributed by atoms with van der Waals surface area (Å²) in [6.45, 7) is 4.88. The number of hydrogen-bond acceptors (Lipinski definition) is 5. The molecule has 0 N–H and O–H groups in total. The van der Waals surface area contributed by atoms with Crippen LogP contribution in [0.4, 0.5) is 0 Å². The molecular weight excluding hydrogens is 432 g/mol. The van der Waals surface area contributed by atoms with E-state index in [-0.39, 0.29) is 0 Å². The minimum atomic E-state index is 0.684. The highest BCUT2D eigenvalue weighted by atomic mass is 15.7. The second kappa shape index (κ2) is 9.52. The largest absolute Gasteiger partial charge is 0.299 e. The van der Waals surface area contributed by atoms with Crippen LogP contribution in [-0.2, 0) is 19.3 Å². The monoisotopic (exact) mass is 462 g/mol. The first-order chi connectivity index (χ1) is 17.3. The van der Waals surface area contributed by atoms with E-state index in [1.165, 1.54) is 16.7 Å². The Morgan fingerprint density at radius 1 is 0.829 bits per heavy atom. The van der Waals surface area contributed by atoms with Crippen LogP contribution in [-0.4, -0.2) is 52.5 Å². The summed E-state index contributed by atoms with van der Waals surface area (Å²) in [6.07, 6.45) is 5.33. The van der Waals surface area contributed by atoms with Gasteiger partial charge in [-0.1, -0.05) is 60.7 Å². The normalized spacial score (nSPS) is 16.3. The number of aromatic nitrogens is 3. The lowest BCUT2D eigenvalue weighted by Crippen LogP contribution is -2.52. The van der Waals surface area contributed by atoms with E-state index in [1.54, 1.807) is 0 Å². The molecule has 0 unspecified atom stereocenters. The summed E-state index contributed by atoms with van der Waals surface area (Å²) < 4.78 is 0. The van der Waals surface area contributed by atoms with Gasteiger partial charge >= 0.3 is 0 Å². The van der Waals surface area contributed by atoms with Crippen LogP contribution in [0.15, 0.2) is 60.7 Å². The molecule has 35 heavy (non-hydrogen) atoms. The topological polar surface area (TPSA) is 61.0 Å². The summed E-state index contributed by atoms with van der Waals surface area (Å²) in [5.41, 5.74) is 7.48. The lowest BCUT2D eigenvalue weighted by atomic mass is 9.94. The smallest absolute Gasteiger partial charge is 0.182 e. The van der Waals surface area contributed by atoms with E-state index in [0.717, 1.165) is 87.3 Å². The van der Waals surface area contributed by atoms with Crippen molar-refractivity contribution in [3.63, 3.8) is 0 Å². The summed E-state index contributed by atoms with van der Waals surface area (Å²) in [5.74, 6) is 0.684. The Kier molecular flexibility index (Phi) is 5.93. The fourth-order valence-electron chi connectivity index (χ4n) is 5.56. The Morgan fingerprint density at radius 3 is 2.23 bits per heavy atom. The average Bonchev–Trinajstić information content (AvgIpc) is 3.26. The molecule has 6 heteroatoms. The first-order valence-electron chi connectivity index (χ1n) is 12.7. The maximum absolute atomic E-state index is 10.1. The number of nitriles is 1. The standard InChI is InChI=1S/C29H30N6/c30-21-26-24-13-7-8-14-25(24)28-27(26)31-29(23-11-5-2-6-12-23)32-35(28)34-19-17-33(18-20-34)16-15-22-9-3-1-4-10-22/h1-6,9-12H,7-8,13-20H2. The van der Waals surface area contributed by atoms with E-state index in [4.69, 9.17) is 10.1 Å². The molecule has 0 amide bonds. The van der Waals surface area contributed by atoms with Crippen LogP contribution in [0.5, 0.6) is 0 Å². The van der Waals surface area contributed by atoms with Gasteiger partial charge < -0.3 is 0 Å². The van der Waals surface area contributed by atoms with E-state index in [9.17, 15) is 5.26 Å². The van der Waals surface area contributed by atoms with Crippen molar-refractivity contribution in [3.8, 4) is 28.8 Å². The van der Waals surface area contributed by atoms with E-state index < -0.39 is 0 Å². The zero-order valence-electron chi connectivity index (χ0n) is 20.0. The van der Waals surface area contributed by atoms with E-state index in [1.807, 2.05) is 30.3 Å². The molecule has 0 aromatic heterocycles. The van der Waals surface area contributed by atoms with Crippen LogP contribution in [0.3, 0.4) is 0 Å². The van der Waals surface area contributed by atoms with Crippen molar-refractivity contribution in [1.82, 2.24) is 19.8 Å². The Balaban J connectivity index is 1.33. The van der Waals surface area contributed by atoms with Gasteiger partial charge in [-0.3, -0.25) is 9.91 Å². The van der Waals surface area contributed by atoms with E-state index >= 15 is 0 Å². The summed E-state index contributed by atoms with van der Waals surface area (Å²) in [5, 5.41) is 17.5. The SMILES string of the molecule is N#Cc1c2nc(-c3ccccc3)nn(N3CCN(CCc4ccccc4)CC3)c-2c2c1CCCC2.